The number of nitrogens with zero attached hydrogens (tertiary/aromatic N) is 1. The fourth-order valence-corrected chi connectivity index (χ4v) is 2.46. The highest BCUT2D eigenvalue weighted by Crippen LogP contribution is 2.27. The molecule has 1 atom stereocenters. The van der Waals surface area contributed by atoms with Gasteiger partial charge in [-0.3, -0.25) is 14.9 Å². The van der Waals surface area contributed by atoms with Crippen molar-refractivity contribution in [3.63, 3.8) is 0 Å². The van der Waals surface area contributed by atoms with E-state index in [0.717, 1.165) is 11.1 Å². The molecule has 6 heteroatoms. The summed E-state index contributed by atoms with van der Waals surface area (Å²) >= 11 is 0. The predicted octanol–water partition coefficient (Wildman–Crippen LogP) is 3.32. The maximum Gasteiger partial charge on any atom is 0.311 e. The second-order valence-corrected chi connectivity index (χ2v) is 5.25. The molecule has 0 aromatic heterocycles. The number of aryl methyl sites for hydroxylation is 1. The van der Waals surface area contributed by atoms with E-state index in [1.165, 1.54) is 12.1 Å². The largest absolute Gasteiger partial charge is 0.496 e. The van der Waals surface area contributed by atoms with Crippen LogP contribution in [-0.4, -0.2) is 23.1 Å². The van der Waals surface area contributed by atoms with E-state index in [0.29, 0.717) is 11.3 Å². The molecule has 23 heavy (non-hydrogen) atoms. The minimum Gasteiger partial charge on any atom is -0.496 e. The van der Waals surface area contributed by atoms with Crippen molar-refractivity contribution in [1.82, 2.24) is 0 Å². The van der Waals surface area contributed by atoms with Crippen LogP contribution in [0, 0.1) is 17.0 Å². The first-order chi connectivity index (χ1) is 10.9. The van der Waals surface area contributed by atoms with E-state index >= 15 is 0 Å². The van der Waals surface area contributed by atoms with Crippen molar-refractivity contribution in [1.29, 1.82) is 0 Å². The van der Waals surface area contributed by atoms with Crippen molar-refractivity contribution < 1.29 is 19.6 Å². The van der Waals surface area contributed by atoms with E-state index in [9.17, 15) is 20.0 Å². The summed E-state index contributed by atoms with van der Waals surface area (Å²) in [5, 5.41) is 20.2. The van der Waals surface area contributed by atoms with Crippen LogP contribution in [0.5, 0.6) is 5.75 Å². The fourth-order valence-electron chi connectivity index (χ4n) is 2.46. The van der Waals surface area contributed by atoms with Crippen molar-refractivity contribution >= 4 is 11.7 Å². The quantitative estimate of drug-likeness (QED) is 0.652. The van der Waals surface area contributed by atoms with Crippen LogP contribution in [0.2, 0.25) is 0 Å². The van der Waals surface area contributed by atoms with E-state index in [1.54, 1.807) is 37.4 Å². The van der Waals surface area contributed by atoms with Gasteiger partial charge in [0, 0.05) is 12.1 Å². The number of carboxylic acid groups (broad SMARTS) is 1. The topological polar surface area (TPSA) is 89.7 Å². The van der Waals surface area contributed by atoms with Crippen LogP contribution in [-0.2, 0) is 11.2 Å². The van der Waals surface area contributed by atoms with Gasteiger partial charge in [0.1, 0.15) is 5.75 Å². The first kappa shape index (κ1) is 16.5. The van der Waals surface area contributed by atoms with E-state index < -0.39 is 16.8 Å². The minimum atomic E-state index is -0.937. The molecule has 0 aliphatic heterocycles. The highest BCUT2D eigenvalue weighted by atomic mass is 16.6. The first-order valence-corrected chi connectivity index (χ1v) is 7.03. The Morgan fingerprint density at radius 2 is 1.91 bits per heavy atom. The van der Waals surface area contributed by atoms with Gasteiger partial charge in [0.05, 0.1) is 18.0 Å². The van der Waals surface area contributed by atoms with Gasteiger partial charge >= 0.3 is 5.97 Å². The first-order valence-electron chi connectivity index (χ1n) is 7.03. The van der Waals surface area contributed by atoms with Crippen LogP contribution in [0.25, 0.3) is 0 Å². The van der Waals surface area contributed by atoms with Gasteiger partial charge in [0.15, 0.2) is 0 Å². The van der Waals surface area contributed by atoms with E-state index in [-0.39, 0.29) is 12.1 Å². The summed E-state index contributed by atoms with van der Waals surface area (Å²) < 4.78 is 5.18. The summed E-state index contributed by atoms with van der Waals surface area (Å²) in [4.78, 5) is 21.8. The van der Waals surface area contributed by atoms with E-state index in [4.69, 9.17) is 4.74 Å². The lowest BCUT2D eigenvalue weighted by atomic mass is 9.91. The van der Waals surface area contributed by atoms with Crippen LogP contribution in [0.1, 0.15) is 22.6 Å². The number of methoxy groups -OCH3 is 1. The highest BCUT2D eigenvalue weighted by Gasteiger charge is 2.21. The van der Waals surface area contributed by atoms with Gasteiger partial charge in [-0.1, -0.05) is 24.3 Å². The third kappa shape index (κ3) is 3.85. The second-order valence-electron chi connectivity index (χ2n) is 5.25. The molecule has 0 radical (unpaired) electrons. The summed E-state index contributed by atoms with van der Waals surface area (Å²) in [7, 11) is 1.56. The highest BCUT2D eigenvalue weighted by molar-refractivity contribution is 5.76. The molecule has 0 heterocycles. The number of rotatable bonds is 6. The monoisotopic (exact) mass is 315 g/mol. The smallest absolute Gasteiger partial charge is 0.311 e. The normalized spacial score (nSPS) is 11.7. The Morgan fingerprint density at radius 3 is 2.39 bits per heavy atom. The number of nitro groups is 1. The molecule has 2 aromatic rings. The van der Waals surface area contributed by atoms with Crippen LogP contribution in [0.15, 0.2) is 42.5 Å². The number of hydrogen-bond acceptors (Lipinski definition) is 4. The van der Waals surface area contributed by atoms with Gasteiger partial charge in [-0.15, -0.1) is 0 Å². The third-order valence-corrected chi connectivity index (χ3v) is 3.71. The molecule has 1 N–H and O–H groups in total. The maximum atomic E-state index is 11.6. The molecule has 6 nitrogen and oxygen atoms in total. The number of hydrogen-bond donors (Lipinski definition) is 1. The Hall–Kier alpha value is -2.89. The van der Waals surface area contributed by atoms with Gasteiger partial charge in [-0.05, 0) is 36.1 Å². The van der Waals surface area contributed by atoms with Crippen molar-refractivity contribution in [2.45, 2.75) is 19.3 Å². The summed E-state index contributed by atoms with van der Waals surface area (Å²) in [5.41, 5.74) is 2.26. The lowest BCUT2D eigenvalue weighted by Gasteiger charge is -2.15. The van der Waals surface area contributed by atoms with Crippen LogP contribution in [0.4, 0.5) is 5.69 Å². The fraction of sp³-hybridized carbons (Fsp3) is 0.235. The minimum absolute atomic E-state index is 0.0130. The van der Waals surface area contributed by atoms with Crippen molar-refractivity contribution in [2.75, 3.05) is 7.11 Å². The molecule has 2 rings (SSSR count). The number of carboxylic acids is 1. The molecular weight excluding hydrogens is 298 g/mol. The van der Waals surface area contributed by atoms with Gasteiger partial charge in [0.2, 0.25) is 0 Å². The zero-order valence-corrected chi connectivity index (χ0v) is 12.9. The summed E-state index contributed by atoms with van der Waals surface area (Å²) in [6, 6.07) is 11.2. The molecule has 0 saturated heterocycles. The average molecular weight is 315 g/mol. The zero-order chi connectivity index (χ0) is 17.0. The lowest BCUT2D eigenvalue weighted by Crippen LogP contribution is -2.14. The Kier molecular flexibility index (Phi) is 4.95. The molecule has 120 valence electrons. The molecule has 1 unspecified atom stereocenters. The van der Waals surface area contributed by atoms with Crippen molar-refractivity contribution in [3.05, 3.63) is 69.3 Å². The SMILES string of the molecule is COc1ccc(C(Cc2ccc([N+](=O)[O-])cc2)C(=O)O)cc1C. The molecule has 0 spiro atoms. The molecule has 0 aliphatic carbocycles. The second kappa shape index (κ2) is 6.91. The number of ether oxygens (including phenoxy) is 1. The number of nitro benzene ring substituents is 1. The summed E-state index contributed by atoms with van der Waals surface area (Å²) in [6.07, 6.45) is 0.263. The number of aliphatic carboxylic acids is 1. The summed E-state index contributed by atoms with van der Waals surface area (Å²) in [5.74, 6) is -0.956. The molecule has 0 fully saturated rings. The maximum absolute atomic E-state index is 11.6. The van der Waals surface area contributed by atoms with Gasteiger partial charge < -0.3 is 9.84 Å². The molecule has 0 aliphatic rings. The standard InChI is InChI=1S/C17H17NO5/c1-11-9-13(5-8-16(11)23-2)15(17(19)20)10-12-3-6-14(7-4-12)18(21)22/h3-9,15H,10H2,1-2H3,(H,19,20). The Balaban J connectivity index is 2.27. The number of non-ortho nitro benzene ring substituents is 1. The molecular formula is C17H17NO5. The van der Waals surface area contributed by atoms with Crippen LogP contribution >= 0.6 is 0 Å². The van der Waals surface area contributed by atoms with E-state index in [1.807, 2.05) is 6.92 Å². The van der Waals surface area contributed by atoms with Gasteiger partial charge in [-0.25, -0.2) is 0 Å². The molecule has 0 saturated carbocycles. The van der Waals surface area contributed by atoms with Crippen molar-refractivity contribution in [3.8, 4) is 5.75 Å². The van der Waals surface area contributed by atoms with Gasteiger partial charge in [0.25, 0.3) is 5.69 Å². The molecule has 2 aromatic carbocycles. The molecule has 0 amide bonds. The van der Waals surface area contributed by atoms with Gasteiger partial charge in [-0.2, -0.15) is 0 Å². The predicted molar refractivity (Wildman–Crippen MR) is 84.9 cm³/mol. The third-order valence-electron chi connectivity index (χ3n) is 3.71. The van der Waals surface area contributed by atoms with Crippen molar-refractivity contribution in [2.24, 2.45) is 0 Å². The Morgan fingerprint density at radius 1 is 1.26 bits per heavy atom. The Bertz CT molecular complexity index is 724. The Labute approximate surface area is 133 Å². The van der Waals surface area contributed by atoms with E-state index in [2.05, 4.69) is 0 Å². The van der Waals surface area contributed by atoms with Crippen LogP contribution in [0.3, 0.4) is 0 Å². The molecule has 0 bridgehead atoms. The van der Waals surface area contributed by atoms with Crippen LogP contribution < -0.4 is 4.74 Å². The average Bonchev–Trinajstić information content (AvgIpc) is 2.52. The zero-order valence-electron chi connectivity index (χ0n) is 12.9. The number of carbonyl (C=O) groups is 1. The number of benzene rings is 2. The lowest BCUT2D eigenvalue weighted by molar-refractivity contribution is -0.384. The summed E-state index contributed by atoms with van der Waals surface area (Å²) in [6.45, 7) is 1.85.